The summed E-state index contributed by atoms with van der Waals surface area (Å²) in [6.07, 6.45) is -0.358. The van der Waals surface area contributed by atoms with E-state index in [4.69, 9.17) is 0 Å². The predicted octanol–water partition coefficient (Wildman–Crippen LogP) is 2.07. The van der Waals surface area contributed by atoms with Crippen LogP contribution in [0.3, 0.4) is 0 Å². The van der Waals surface area contributed by atoms with Crippen molar-refractivity contribution in [2.45, 2.75) is 50.9 Å². The van der Waals surface area contributed by atoms with Gasteiger partial charge < -0.3 is 19.9 Å². The lowest BCUT2D eigenvalue weighted by molar-refractivity contribution is -0.271. The third-order valence-corrected chi connectivity index (χ3v) is 4.43. The number of amides is 2. The number of carbonyl (C=O) groups is 1. The van der Waals surface area contributed by atoms with Crippen molar-refractivity contribution in [2.24, 2.45) is 0 Å². The first-order valence-electron chi connectivity index (χ1n) is 8.02. The summed E-state index contributed by atoms with van der Waals surface area (Å²) in [4.78, 5) is 17.4. The lowest BCUT2D eigenvalue weighted by Gasteiger charge is -2.39. The normalized spacial score (nSPS) is 17.8. The smallest absolute Gasteiger partial charge is 0.380 e. The number of unbranched alkanes of at least 4 members (excludes halogenated alkanes) is 1. The molecule has 9 heteroatoms. The zero-order valence-corrected chi connectivity index (χ0v) is 13.6. The van der Waals surface area contributed by atoms with Gasteiger partial charge in [-0.05, 0) is 19.8 Å². The topological polar surface area (TPSA) is 70.4 Å². The Hall–Kier alpha value is -1.77. The zero-order chi connectivity index (χ0) is 17.8. The van der Waals surface area contributed by atoms with Crippen molar-refractivity contribution in [3.05, 3.63) is 18.2 Å². The van der Waals surface area contributed by atoms with Crippen LogP contribution in [0.1, 0.15) is 31.5 Å². The molecular weight excluding hydrogens is 325 g/mol. The van der Waals surface area contributed by atoms with Crippen LogP contribution in [0.2, 0.25) is 0 Å². The number of urea groups is 1. The Morgan fingerprint density at radius 3 is 2.58 bits per heavy atom. The molecule has 24 heavy (non-hydrogen) atoms. The van der Waals surface area contributed by atoms with Gasteiger partial charge in [0.05, 0.1) is 0 Å². The van der Waals surface area contributed by atoms with Gasteiger partial charge in [-0.25, -0.2) is 9.78 Å². The second-order valence-corrected chi connectivity index (χ2v) is 6.12. The van der Waals surface area contributed by atoms with Crippen molar-refractivity contribution >= 4 is 6.03 Å². The van der Waals surface area contributed by atoms with Gasteiger partial charge >= 0.3 is 12.2 Å². The van der Waals surface area contributed by atoms with E-state index in [1.54, 1.807) is 6.20 Å². The molecule has 1 aromatic rings. The van der Waals surface area contributed by atoms with E-state index < -0.39 is 24.6 Å². The zero-order valence-electron chi connectivity index (χ0n) is 13.6. The Balaban J connectivity index is 1.64. The van der Waals surface area contributed by atoms with E-state index in [1.165, 1.54) is 4.90 Å². The number of carbonyl (C=O) groups excluding carboxylic acids is 1. The first-order valence-corrected chi connectivity index (χ1v) is 8.02. The summed E-state index contributed by atoms with van der Waals surface area (Å²) in [6, 6.07) is -0.377. The van der Waals surface area contributed by atoms with E-state index in [-0.39, 0.29) is 19.1 Å². The molecule has 0 unspecified atom stereocenters. The molecule has 0 aliphatic carbocycles. The molecule has 1 saturated heterocycles. The van der Waals surface area contributed by atoms with E-state index in [0.717, 1.165) is 25.2 Å². The van der Waals surface area contributed by atoms with Crippen molar-refractivity contribution in [1.29, 1.82) is 0 Å². The highest BCUT2D eigenvalue weighted by Gasteiger charge is 2.54. The number of nitrogens with zero attached hydrogens (tertiary/aromatic N) is 3. The number of imidazole rings is 1. The Morgan fingerprint density at radius 2 is 2.04 bits per heavy atom. The largest absolute Gasteiger partial charge is 0.417 e. The summed E-state index contributed by atoms with van der Waals surface area (Å²) in [7, 11) is 0. The number of alkyl halides is 3. The molecule has 0 bridgehead atoms. The van der Waals surface area contributed by atoms with Crippen LogP contribution in [0, 0.1) is 6.92 Å². The first-order chi connectivity index (χ1) is 11.2. The molecule has 0 atom stereocenters. The Kier molecular flexibility index (Phi) is 5.74. The van der Waals surface area contributed by atoms with Crippen LogP contribution in [0.15, 0.2) is 12.4 Å². The molecule has 1 aliphatic rings. The average molecular weight is 348 g/mol. The minimum Gasteiger partial charge on any atom is -0.380 e. The summed E-state index contributed by atoms with van der Waals surface area (Å²) < 4.78 is 40.1. The lowest BCUT2D eigenvalue weighted by Crippen LogP contribution is -2.55. The molecule has 0 radical (unpaired) electrons. The van der Waals surface area contributed by atoms with Crippen LogP contribution in [-0.4, -0.2) is 57.0 Å². The second kappa shape index (κ2) is 7.42. The van der Waals surface area contributed by atoms with Crippen LogP contribution in [0.4, 0.5) is 18.0 Å². The van der Waals surface area contributed by atoms with Gasteiger partial charge in [0.25, 0.3) is 0 Å². The number of aryl methyl sites for hydroxylation is 2. The summed E-state index contributed by atoms with van der Waals surface area (Å²) in [5.41, 5.74) is -2.67. The third-order valence-electron chi connectivity index (χ3n) is 4.43. The first kappa shape index (κ1) is 18.6. The Bertz CT molecular complexity index is 551. The van der Waals surface area contributed by atoms with Crippen LogP contribution < -0.4 is 5.32 Å². The second-order valence-electron chi connectivity index (χ2n) is 6.12. The fourth-order valence-corrected chi connectivity index (χ4v) is 2.72. The number of hydrogen-bond acceptors (Lipinski definition) is 3. The number of aromatic nitrogens is 2. The van der Waals surface area contributed by atoms with Crippen LogP contribution >= 0.6 is 0 Å². The van der Waals surface area contributed by atoms with Crippen molar-refractivity contribution in [3.63, 3.8) is 0 Å². The van der Waals surface area contributed by atoms with E-state index in [0.29, 0.717) is 6.54 Å². The van der Waals surface area contributed by atoms with Crippen LogP contribution in [-0.2, 0) is 6.54 Å². The van der Waals surface area contributed by atoms with Crippen LogP contribution in [0.5, 0.6) is 0 Å². The van der Waals surface area contributed by atoms with E-state index in [1.807, 2.05) is 17.7 Å². The summed E-state index contributed by atoms with van der Waals surface area (Å²) >= 11 is 0. The minimum absolute atomic E-state index is 0.101. The summed E-state index contributed by atoms with van der Waals surface area (Å²) in [6.45, 7) is 2.99. The van der Waals surface area contributed by atoms with Crippen molar-refractivity contribution < 1.29 is 23.1 Å². The number of hydrogen-bond donors (Lipinski definition) is 2. The fraction of sp³-hybridized carbons (Fsp3) is 0.733. The SMILES string of the molecule is Cc1nccn1CCCCNC(=O)N1CCC(O)(C(F)(F)F)CC1. The van der Waals surface area contributed by atoms with E-state index in [2.05, 4.69) is 10.3 Å². The number of halogens is 3. The number of aliphatic hydroxyl groups is 1. The van der Waals surface area contributed by atoms with Crippen LogP contribution in [0.25, 0.3) is 0 Å². The van der Waals surface area contributed by atoms with Gasteiger partial charge in [-0.2, -0.15) is 13.2 Å². The molecule has 1 aliphatic heterocycles. The van der Waals surface area contributed by atoms with Gasteiger partial charge in [0.1, 0.15) is 5.82 Å². The van der Waals surface area contributed by atoms with Gasteiger partial charge in [0, 0.05) is 51.4 Å². The maximum atomic E-state index is 12.7. The predicted molar refractivity (Wildman–Crippen MR) is 81.4 cm³/mol. The molecule has 0 spiro atoms. The average Bonchev–Trinajstić information content (AvgIpc) is 2.91. The molecule has 1 fully saturated rings. The number of likely N-dealkylation sites (tertiary alicyclic amines) is 1. The summed E-state index contributed by atoms with van der Waals surface area (Å²) in [5, 5.41) is 12.3. The van der Waals surface area contributed by atoms with Crippen molar-refractivity contribution in [1.82, 2.24) is 19.8 Å². The lowest BCUT2D eigenvalue weighted by atomic mass is 9.91. The molecule has 2 amide bonds. The number of nitrogens with one attached hydrogen (secondary N) is 1. The minimum atomic E-state index is -4.65. The Labute approximate surface area is 138 Å². The van der Waals surface area contributed by atoms with Gasteiger partial charge in [0.2, 0.25) is 0 Å². The molecule has 0 saturated carbocycles. The van der Waals surface area contributed by atoms with E-state index >= 15 is 0 Å². The molecular formula is C15H23F3N4O2. The maximum absolute atomic E-state index is 12.7. The highest BCUT2D eigenvalue weighted by molar-refractivity contribution is 5.74. The molecule has 6 nitrogen and oxygen atoms in total. The van der Waals surface area contributed by atoms with Crippen molar-refractivity contribution in [2.75, 3.05) is 19.6 Å². The molecule has 1 aromatic heterocycles. The van der Waals surface area contributed by atoms with E-state index in [9.17, 15) is 23.1 Å². The number of piperidine rings is 1. The molecule has 2 N–H and O–H groups in total. The molecule has 136 valence electrons. The maximum Gasteiger partial charge on any atom is 0.417 e. The Morgan fingerprint density at radius 1 is 1.38 bits per heavy atom. The molecule has 0 aromatic carbocycles. The highest BCUT2D eigenvalue weighted by Crippen LogP contribution is 2.38. The van der Waals surface area contributed by atoms with Gasteiger partial charge in [-0.3, -0.25) is 0 Å². The number of rotatable bonds is 5. The fourth-order valence-electron chi connectivity index (χ4n) is 2.72. The van der Waals surface area contributed by atoms with Crippen molar-refractivity contribution in [3.8, 4) is 0 Å². The van der Waals surface area contributed by atoms with Gasteiger partial charge in [0.15, 0.2) is 5.60 Å². The standard InChI is InChI=1S/C15H23F3N4O2/c1-12-19-7-11-21(12)8-3-2-6-20-13(23)22-9-4-14(24,5-10-22)15(16,17)18/h7,11,24H,2-6,8-10H2,1H3,(H,20,23). The third kappa shape index (κ3) is 4.40. The quantitative estimate of drug-likeness (QED) is 0.801. The summed E-state index contributed by atoms with van der Waals surface area (Å²) in [5.74, 6) is 0.935. The highest BCUT2D eigenvalue weighted by atomic mass is 19.4. The van der Waals surface area contributed by atoms with Gasteiger partial charge in [-0.15, -0.1) is 0 Å². The molecule has 2 rings (SSSR count). The molecule has 2 heterocycles. The van der Waals surface area contributed by atoms with Gasteiger partial charge in [-0.1, -0.05) is 0 Å². The monoisotopic (exact) mass is 348 g/mol.